The molecule has 0 saturated heterocycles. The molecule has 1 unspecified atom stereocenters. The number of pyridine rings is 1. The maximum atomic E-state index is 11.5. The minimum atomic E-state index is -2.40. The predicted octanol–water partition coefficient (Wildman–Crippen LogP) is -0.609. The summed E-state index contributed by atoms with van der Waals surface area (Å²) in [7, 11) is 1.09. The number of carbonyl (C=O) groups is 2. The van der Waals surface area contributed by atoms with Crippen LogP contribution in [0, 0.1) is 0 Å². The maximum absolute atomic E-state index is 11.5. The predicted molar refractivity (Wildman–Crippen MR) is 56.7 cm³/mol. The molecule has 1 rings (SSSR count). The Kier molecular flexibility index (Phi) is 3.61. The SMILES string of the molecule is [2H]C([2H])(C(=O)OC)[n+]1ccccc1C(C)CC(=O)[O-]. The van der Waals surface area contributed by atoms with Gasteiger partial charge in [0, 0.05) is 24.0 Å². The van der Waals surface area contributed by atoms with Crippen molar-refractivity contribution in [3.05, 3.63) is 30.1 Å². The summed E-state index contributed by atoms with van der Waals surface area (Å²) in [5, 5.41) is 10.6. The van der Waals surface area contributed by atoms with Gasteiger partial charge >= 0.3 is 5.97 Å². The first-order chi connectivity index (χ1) is 8.80. The highest BCUT2D eigenvalue weighted by Crippen LogP contribution is 2.14. The summed E-state index contributed by atoms with van der Waals surface area (Å²) in [5.41, 5.74) is 0.377. The number of nitrogens with zero attached hydrogens (tertiary/aromatic N) is 1. The van der Waals surface area contributed by atoms with E-state index >= 15 is 0 Å². The van der Waals surface area contributed by atoms with Crippen LogP contribution in [-0.4, -0.2) is 19.0 Å². The number of aromatic nitrogens is 1. The Labute approximate surface area is 102 Å². The number of esters is 1. The molecule has 0 aliphatic rings. The minimum absolute atomic E-state index is 0.263. The summed E-state index contributed by atoms with van der Waals surface area (Å²) in [6, 6.07) is 4.76. The van der Waals surface area contributed by atoms with E-state index in [9.17, 15) is 14.7 Å². The van der Waals surface area contributed by atoms with Crippen LogP contribution >= 0.6 is 0 Å². The molecule has 0 bridgehead atoms. The molecule has 1 atom stereocenters. The van der Waals surface area contributed by atoms with Crippen molar-refractivity contribution in [1.29, 1.82) is 0 Å². The van der Waals surface area contributed by atoms with Crippen molar-refractivity contribution < 1.29 is 26.7 Å². The zero-order valence-corrected chi connectivity index (χ0v) is 9.67. The molecule has 5 nitrogen and oxygen atoms in total. The second kappa shape index (κ2) is 5.98. The Morgan fingerprint density at radius 3 is 2.88 bits per heavy atom. The van der Waals surface area contributed by atoms with Gasteiger partial charge < -0.3 is 14.6 Å². The third-order valence-corrected chi connectivity index (χ3v) is 2.27. The first-order valence-corrected chi connectivity index (χ1v) is 5.10. The molecule has 0 N–H and O–H groups in total. The van der Waals surface area contributed by atoms with Crippen molar-refractivity contribution in [2.24, 2.45) is 0 Å². The molecule has 1 aromatic heterocycles. The van der Waals surface area contributed by atoms with E-state index in [1.807, 2.05) is 0 Å². The van der Waals surface area contributed by atoms with Crippen molar-refractivity contribution in [2.75, 3.05) is 7.11 Å². The Balaban J connectivity index is 3.22. The average molecular weight is 239 g/mol. The van der Waals surface area contributed by atoms with Gasteiger partial charge in [-0.25, -0.2) is 4.79 Å². The van der Waals surface area contributed by atoms with Crippen LogP contribution in [0.5, 0.6) is 0 Å². The molecular weight excluding hydrogens is 222 g/mol. The molecule has 92 valence electrons. The van der Waals surface area contributed by atoms with Crippen LogP contribution in [0.15, 0.2) is 24.4 Å². The molecule has 0 fully saturated rings. The third kappa shape index (κ3) is 3.86. The van der Waals surface area contributed by atoms with Gasteiger partial charge in [0.1, 0.15) is 2.74 Å². The normalized spacial score (nSPS) is 14.5. The Bertz CT molecular complexity index is 490. The fourth-order valence-electron chi connectivity index (χ4n) is 1.46. The lowest BCUT2D eigenvalue weighted by atomic mass is 10.0. The van der Waals surface area contributed by atoms with Crippen LogP contribution in [0.25, 0.3) is 0 Å². The van der Waals surface area contributed by atoms with Gasteiger partial charge in [-0.1, -0.05) is 13.0 Å². The van der Waals surface area contributed by atoms with E-state index in [2.05, 4.69) is 4.74 Å². The molecule has 0 amide bonds. The number of ether oxygens (including phenoxy) is 1. The molecule has 0 saturated carbocycles. The van der Waals surface area contributed by atoms with Gasteiger partial charge in [-0.05, 0) is 6.42 Å². The van der Waals surface area contributed by atoms with Gasteiger partial charge in [0.25, 0.3) is 0 Å². The van der Waals surface area contributed by atoms with E-state index in [1.54, 1.807) is 25.1 Å². The number of carboxylic acid groups (broad SMARTS) is 1. The summed E-state index contributed by atoms with van der Waals surface area (Å²) >= 11 is 0. The quantitative estimate of drug-likeness (QED) is 0.507. The molecule has 0 aliphatic heterocycles. The highest BCUT2D eigenvalue weighted by molar-refractivity contribution is 5.67. The van der Waals surface area contributed by atoms with Crippen molar-refractivity contribution >= 4 is 11.9 Å². The van der Waals surface area contributed by atoms with Gasteiger partial charge in [0.05, 0.1) is 7.11 Å². The van der Waals surface area contributed by atoms with E-state index in [-0.39, 0.29) is 6.42 Å². The van der Waals surface area contributed by atoms with Crippen molar-refractivity contribution in [3.63, 3.8) is 0 Å². The monoisotopic (exact) mass is 239 g/mol. The lowest BCUT2D eigenvalue weighted by Crippen LogP contribution is -2.43. The van der Waals surface area contributed by atoms with Crippen molar-refractivity contribution in [1.82, 2.24) is 0 Å². The zero-order valence-electron chi connectivity index (χ0n) is 11.7. The van der Waals surface area contributed by atoms with Crippen LogP contribution in [0.1, 0.15) is 27.7 Å². The molecule has 0 radical (unpaired) electrons. The van der Waals surface area contributed by atoms with E-state index in [1.165, 1.54) is 6.20 Å². The van der Waals surface area contributed by atoms with Crippen LogP contribution in [0.2, 0.25) is 0 Å². The second-order valence-corrected chi connectivity index (χ2v) is 3.58. The summed E-state index contributed by atoms with van der Waals surface area (Å²) in [5.74, 6) is -2.78. The highest BCUT2D eigenvalue weighted by atomic mass is 16.5. The summed E-state index contributed by atoms with van der Waals surface area (Å²) in [6.07, 6.45) is 1.11. The standard InChI is InChI=1S/C12H15NO4/c1-9(7-11(14)15)10-5-3-4-6-13(10)8-12(16)17-2/h3-6,9H,7-8H2,1-2H3/i8D2. The number of hydrogen-bond acceptors (Lipinski definition) is 4. The number of methoxy groups -OCH3 is 1. The van der Waals surface area contributed by atoms with Crippen molar-refractivity contribution in [2.45, 2.75) is 25.8 Å². The zero-order chi connectivity index (χ0) is 14.6. The molecule has 0 aromatic carbocycles. The Hall–Kier alpha value is -1.91. The minimum Gasteiger partial charge on any atom is -0.550 e. The molecule has 0 spiro atoms. The van der Waals surface area contributed by atoms with Crippen LogP contribution in [0.4, 0.5) is 0 Å². The van der Waals surface area contributed by atoms with Gasteiger partial charge in [0.15, 0.2) is 11.9 Å². The third-order valence-electron chi connectivity index (χ3n) is 2.27. The first-order valence-electron chi connectivity index (χ1n) is 6.10. The summed E-state index contributed by atoms with van der Waals surface area (Å²) < 4.78 is 21.1. The molecule has 5 heteroatoms. The van der Waals surface area contributed by atoms with Gasteiger partial charge in [-0.15, -0.1) is 0 Å². The Morgan fingerprint density at radius 2 is 2.29 bits per heavy atom. The number of carbonyl (C=O) groups excluding carboxylic acids is 2. The van der Waals surface area contributed by atoms with Crippen molar-refractivity contribution in [3.8, 4) is 0 Å². The van der Waals surface area contributed by atoms with E-state index in [0.717, 1.165) is 11.7 Å². The molecule has 17 heavy (non-hydrogen) atoms. The van der Waals surface area contributed by atoms with Crippen LogP contribution in [0.3, 0.4) is 0 Å². The fraction of sp³-hybridized carbons (Fsp3) is 0.417. The molecule has 1 aromatic rings. The fourth-order valence-corrected chi connectivity index (χ4v) is 1.46. The lowest BCUT2D eigenvalue weighted by molar-refractivity contribution is -0.694. The van der Waals surface area contributed by atoms with E-state index in [0.29, 0.717) is 5.69 Å². The second-order valence-electron chi connectivity index (χ2n) is 3.58. The van der Waals surface area contributed by atoms with Gasteiger partial charge in [0.2, 0.25) is 6.50 Å². The van der Waals surface area contributed by atoms with Crippen LogP contribution < -0.4 is 9.67 Å². The van der Waals surface area contributed by atoms with E-state index in [4.69, 9.17) is 2.74 Å². The first kappa shape index (κ1) is 10.3. The van der Waals surface area contributed by atoms with Gasteiger partial charge in [-0.2, -0.15) is 4.57 Å². The number of hydrogen-bond donors (Lipinski definition) is 0. The molecular formula is C12H15NO4. The average Bonchev–Trinajstić information content (AvgIpc) is 2.36. The number of rotatable bonds is 5. The maximum Gasteiger partial charge on any atom is 0.372 e. The summed E-state index contributed by atoms with van der Waals surface area (Å²) in [4.78, 5) is 22.1. The van der Waals surface area contributed by atoms with Crippen LogP contribution in [-0.2, 0) is 20.8 Å². The smallest absolute Gasteiger partial charge is 0.372 e. The Morgan fingerprint density at radius 1 is 1.59 bits per heavy atom. The summed E-state index contributed by atoms with van der Waals surface area (Å²) in [6.45, 7) is -0.777. The number of aliphatic carboxylic acids is 1. The van der Waals surface area contributed by atoms with Gasteiger partial charge in [-0.3, -0.25) is 0 Å². The number of carboxylic acids is 1. The largest absolute Gasteiger partial charge is 0.550 e. The molecule has 0 aliphatic carbocycles. The topological polar surface area (TPSA) is 70.3 Å². The highest BCUT2D eigenvalue weighted by Gasteiger charge is 2.20. The van der Waals surface area contributed by atoms with E-state index < -0.39 is 24.4 Å². The molecule has 1 heterocycles. The lowest BCUT2D eigenvalue weighted by Gasteiger charge is -2.11.